The monoisotopic (exact) mass is 270 g/mol. The summed E-state index contributed by atoms with van der Waals surface area (Å²) in [6, 6.07) is 8.10. The lowest BCUT2D eigenvalue weighted by molar-refractivity contribution is 0.102. The summed E-state index contributed by atoms with van der Waals surface area (Å²) in [7, 11) is 0. The van der Waals surface area contributed by atoms with Crippen molar-refractivity contribution in [3.8, 4) is 0 Å². The summed E-state index contributed by atoms with van der Waals surface area (Å²) < 4.78 is -0.0296. The van der Waals surface area contributed by atoms with Crippen molar-refractivity contribution in [3.63, 3.8) is 0 Å². The maximum Gasteiger partial charge on any atom is 0.188 e. The first-order valence-corrected chi connectivity index (χ1v) is 7.65. The van der Waals surface area contributed by atoms with Crippen LogP contribution in [-0.4, -0.2) is 11.5 Å². The Hall–Kier alpha value is -1.28. The molecule has 1 aliphatic carbocycles. The molecule has 98 valence electrons. The lowest BCUT2D eigenvalue weighted by Gasteiger charge is -2.39. The summed E-state index contributed by atoms with van der Waals surface area (Å²) in [5.74, 6) is 1.24. The molecule has 0 fully saturated rings. The highest BCUT2D eigenvalue weighted by molar-refractivity contribution is 8.00. The molecule has 2 aliphatic rings. The largest absolute Gasteiger partial charge is 0.289 e. The highest BCUT2D eigenvalue weighted by Crippen LogP contribution is 2.51. The number of allylic oxidation sites excluding steroid dienone is 2. The summed E-state index contributed by atoms with van der Waals surface area (Å²) in [5, 5.41) is 0. The predicted octanol–water partition coefficient (Wildman–Crippen LogP) is 4.50. The van der Waals surface area contributed by atoms with Gasteiger partial charge >= 0.3 is 0 Å². The Kier molecular flexibility index (Phi) is 2.94. The van der Waals surface area contributed by atoms with E-state index in [4.69, 9.17) is 0 Å². The lowest BCUT2D eigenvalue weighted by atomic mass is 9.79. The predicted molar refractivity (Wildman–Crippen MR) is 81.7 cm³/mol. The maximum absolute atomic E-state index is 12.3. The SMILES string of the molecule is CC1=CC2(CC(C)=C(C)CS2)c2ccccc2C1=O. The van der Waals surface area contributed by atoms with Gasteiger partial charge in [0, 0.05) is 11.3 Å². The second kappa shape index (κ2) is 4.38. The highest BCUT2D eigenvalue weighted by atomic mass is 32.2. The van der Waals surface area contributed by atoms with E-state index in [0.717, 1.165) is 23.3 Å². The van der Waals surface area contributed by atoms with Crippen molar-refractivity contribution in [2.45, 2.75) is 31.9 Å². The first kappa shape index (κ1) is 12.7. The van der Waals surface area contributed by atoms with Crippen LogP contribution in [0.15, 0.2) is 47.1 Å². The molecule has 1 aromatic rings. The third kappa shape index (κ3) is 1.90. The summed E-state index contributed by atoms with van der Waals surface area (Å²) in [5.41, 5.74) is 5.92. The third-order valence-corrected chi connectivity index (χ3v) is 5.81. The van der Waals surface area contributed by atoms with E-state index in [1.807, 2.05) is 36.9 Å². The van der Waals surface area contributed by atoms with E-state index in [1.54, 1.807) is 0 Å². The van der Waals surface area contributed by atoms with E-state index in [-0.39, 0.29) is 10.5 Å². The van der Waals surface area contributed by atoms with Crippen LogP contribution in [0.2, 0.25) is 0 Å². The van der Waals surface area contributed by atoms with Crippen LogP contribution in [0.1, 0.15) is 43.1 Å². The fourth-order valence-electron chi connectivity index (χ4n) is 2.98. The van der Waals surface area contributed by atoms with Crippen LogP contribution < -0.4 is 0 Å². The van der Waals surface area contributed by atoms with Crippen molar-refractivity contribution < 1.29 is 4.79 Å². The van der Waals surface area contributed by atoms with Crippen LogP contribution in [0.3, 0.4) is 0 Å². The van der Waals surface area contributed by atoms with E-state index < -0.39 is 0 Å². The fraction of sp³-hybridized carbons (Fsp3) is 0.353. The number of fused-ring (bicyclic) bond motifs is 2. The molecule has 1 aliphatic heterocycles. The molecule has 3 rings (SSSR count). The van der Waals surface area contributed by atoms with Crippen molar-refractivity contribution in [3.05, 3.63) is 58.2 Å². The molecule has 1 nitrogen and oxygen atoms in total. The molecular formula is C17H18OS. The van der Waals surface area contributed by atoms with Crippen LogP contribution in [-0.2, 0) is 4.75 Å². The van der Waals surface area contributed by atoms with E-state index >= 15 is 0 Å². The quantitative estimate of drug-likeness (QED) is 0.646. The van der Waals surface area contributed by atoms with E-state index in [9.17, 15) is 4.79 Å². The molecule has 0 saturated carbocycles. The third-order valence-electron chi connectivity index (χ3n) is 4.24. The van der Waals surface area contributed by atoms with Gasteiger partial charge in [-0.05, 0) is 38.3 Å². The fourth-order valence-corrected chi connectivity index (χ4v) is 4.61. The molecule has 2 heteroatoms. The Balaban J connectivity index is 2.20. The van der Waals surface area contributed by atoms with Crippen molar-refractivity contribution in [1.29, 1.82) is 0 Å². The number of carbonyl (C=O) groups is 1. The first-order chi connectivity index (χ1) is 9.03. The van der Waals surface area contributed by atoms with Crippen LogP contribution in [0.25, 0.3) is 0 Å². The number of thioether (sulfide) groups is 1. The molecule has 0 N–H and O–H groups in total. The molecule has 0 radical (unpaired) electrons. The minimum atomic E-state index is -0.0296. The molecule has 0 bridgehead atoms. The van der Waals surface area contributed by atoms with Crippen LogP contribution in [0.5, 0.6) is 0 Å². The van der Waals surface area contributed by atoms with Gasteiger partial charge in [-0.15, -0.1) is 11.8 Å². The average Bonchev–Trinajstić information content (AvgIpc) is 2.41. The number of Topliss-reactive ketones (excluding diaryl/α,β-unsaturated/α-hetero) is 1. The Labute approximate surface area is 118 Å². The second-order valence-electron chi connectivity index (χ2n) is 5.62. The maximum atomic E-state index is 12.3. The molecule has 1 spiro atoms. The number of hydrogen-bond donors (Lipinski definition) is 0. The van der Waals surface area contributed by atoms with Gasteiger partial charge in [0.2, 0.25) is 0 Å². The molecule has 1 heterocycles. The number of ketones is 1. The van der Waals surface area contributed by atoms with Gasteiger partial charge in [0.05, 0.1) is 4.75 Å². The molecular weight excluding hydrogens is 252 g/mol. The summed E-state index contributed by atoms with van der Waals surface area (Å²) in [6.07, 6.45) is 3.21. The molecule has 1 unspecified atom stereocenters. The summed E-state index contributed by atoms with van der Waals surface area (Å²) >= 11 is 1.96. The first-order valence-electron chi connectivity index (χ1n) is 6.66. The zero-order chi connectivity index (χ0) is 13.6. The van der Waals surface area contributed by atoms with Crippen molar-refractivity contribution in [1.82, 2.24) is 0 Å². The number of rotatable bonds is 0. The minimum absolute atomic E-state index is 0.0296. The molecule has 19 heavy (non-hydrogen) atoms. The highest BCUT2D eigenvalue weighted by Gasteiger charge is 2.40. The van der Waals surface area contributed by atoms with Crippen LogP contribution in [0, 0.1) is 0 Å². The van der Waals surface area contributed by atoms with Gasteiger partial charge in [0.25, 0.3) is 0 Å². The van der Waals surface area contributed by atoms with Gasteiger partial charge in [-0.1, -0.05) is 41.5 Å². The van der Waals surface area contributed by atoms with Gasteiger partial charge in [-0.25, -0.2) is 0 Å². The van der Waals surface area contributed by atoms with E-state index in [2.05, 4.69) is 26.0 Å². The van der Waals surface area contributed by atoms with Gasteiger partial charge in [-0.2, -0.15) is 0 Å². The minimum Gasteiger partial charge on any atom is -0.289 e. The summed E-state index contributed by atoms with van der Waals surface area (Å²) in [6.45, 7) is 6.38. The van der Waals surface area contributed by atoms with Crippen molar-refractivity contribution in [2.24, 2.45) is 0 Å². The van der Waals surface area contributed by atoms with Gasteiger partial charge in [-0.3, -0.25) is 4.79 Å². The van der Waals surface area contributed by atoms with Crippen molar-refractivity contribution >= 4 is 17.5 Å². The molecule has 0 aromatic heterocycles. The van der Waals surface area contributed by atoms with Crippen molar-refractivity contribution in [2.75, 3.05) is 5.75 Å². The standard InChI is InChI=1S/C17H18OS/c1-11-8-17(19-10-13(11)3)9-12(2)16(18)14-6-4-5-7-15(14)17/h4-7,9H,8,10H2,1-3H3. The molecule has 0 amide bonds. The number of benzene rings is 1. The van der Waals surface area contributed by atoms with Gasteiger partial charge < -0.3 is 0 Å². The Bertz CT molecular complexity index is 624. The average molecular weight is 270 g/mol. The smallest absolute Gasteiger partial charge is 0.188 e. The lowest BCUT2D eigenvalue weighted by Crippen LogP contribution is -2.31. The van der Waals surface area contributed by atoms with E-state index in [0.29, 0.717) is 0 Å². The second-order valence-corrected chi connectivity index (χ2v) is 6.92. The number of hydrogen-bond acceptors (Lipinski definition) is 2. The normalized spacial score (nSPS) is 26.5. The van der Waals surface area contributed by atoms with Crippen LogP contribution in [0.4, 0.5) is 0 Å². The topological polar surface area (TPSA) is 17.1 Å². The van der Waals surface area contributed by atoms with E-state index in [1.165, 1.54) is 16.7 Å². The molecule has 0 saturated heterocycles. The van der Waals surface area contributed by atoms with Gasteiger partial charge in [0.15, 0.2) is 5.78 Å². The number of carbonyl (C=O) groups excluding carboxylic acids is 1. The molecule has 1 atom stereocenters. The Morgan fingerprint density at radius 2 is 1.84 bits per heavy atom. The molecule has 1 aromatic carbocycles. The Morgan fingerprint density at radius 3 is 2.58 bits per heavy atom. The Morgan fingerprint density at radius 1 is 1.11 bits per heavy atom. The summed E-state index contributed by atoms with van der Waals surface area (Å²) in [4.78, 5) is 12.3. The van der Waals surface area contributed by atoms with Crippen LogP contribution >= 0.6 is 11.8 Å². The zero-order valence-corrected chi connectivity index (χ0v) is 12.4. The zero-order valence-electron chi connectivity index (χ0n) is 11.6. The van der Waals surface area contributed by atoms with Gasteiger partial charge in [0.1, 0.15) is 0 Å².